The number of rotatable bonds is 9. The summed E-state index contributed by atoms with van der Waals surface area (Å²) in [5.41, 5.74) is 3.22. The molecule has 0 saturated carbocycles. The van der Waals surface area contributed by atoms with Gasteiger partial charge in [0, 0.05) is 32.2 Å². The Morgan fingerprint density at radius 2 is 1.89 bits per heavy atom. The molecule has 2 N–H and O–H groups in total. The minimum absolute atomic E-state index is 0. The SMILES string of the molecule is CCNC(=NCc1c(CC)noc1CC)NCC(OC)c1ccccc1.I. The van der Waals surface area contributed by atoms with E-state index in [2.05, 4.69) is 48.7 Å². The fourth-order valence-corrected chi connectivity index (χ4v) is 2.81. The van der Waals surface area contributed by atoms with Crippen molar-refractivity contribution in [2.24, 2.45) is 4.99 Å². The van der Waals surface area contributed by atoms with Gasteiger partial charge in [0.05, 0.1) is 18.3 Å². The van der Waals surface area contributed by atoms with Gasteiger partial charge < -0.3 is 19.9 Å². The van der Waals surface area contributed by atoms with Crippen LogP contribution in [0.2, 0.25) is 0 Å². The summed E-state index contributed by atoms with van der Waals surface area (Å²) < 4.78 is 11.0. The van der Waals surface area contributed by atoms with Gasteiger partial charge in [-0.25, -0.2) is 4.99 Å². The van der Waals surface area contributed by atoms with Crippen molar-refractivity contribution in [2.45, 2.75) is 46.3 Å². The predicted molar refractivity (Wildman–Crippen MR) is 120 cm³/mol. The number of halogens is 1. The van der Waals surface area contributed by atoms with Crippen LogP contribution in [-0.2, 0) is 24.1 Å². The van der Waals surface area contributed by atoms with E-state index in [1.165, 1.54) is 0 Å². The molecule has 1 aromatic carbocycles. The van der Waals surface area contributed by atoms with Crippen LogP contribution in [0.3, 0.4) is 0 Å². The number of aliphatic imine (C=N–C) groups is 1. The molecule has 150 valence electrons. The molecule has 0 spiro atoms. The number of ether oxygens (including phenoxy) is 1. The zero-order valence-corrected chi connectivity index (χ0v) is 18.9. The van der Waals surface area contributed by atoms with Crippen LogP contribution >= 0.6 is 24.0 Å². The first-order valence-corrected chi connectivity index (χ1v) is 9.29. The molecule has 1 heterocycles. The van der Waals surface area contributed by atoms with E-state index in [0.717, 1.165) is 47.9 Å². The molecule has 1 atom stereocenters. The summed E-state index contributed by atoms with van der Waals surface area (Å²) in [4.78, 5) is 4.71. The summed E-state index contributed by atoms with van der Waals surface area (Å²) in [5.74, 6) is 1.68. The molecule has 0 aliphatic heterocycles. The largest absolute Gasteiger partial charge is 0.375 e. The number of aromatic nitrogens is 1. The van der Waals surface area contributed by atoms with Crippen LogP contribution in [0, 0.1) is 0 Å². The Morgan fingerprint density at radius 3 is 2.48 bits per heavy atom. The molecule has 27 heavy (non-hydrogen) atoms. The smallest absolute Gasteiger partial charge is 0.191 e. The normalized spacial score (nSPS) is 12.4. The molecule has 2 aromatic rings. The third-order valence-corrected chi connectivity index (χ3v) is 4.26. The first-order chi connectivity index (χ1) is 12.7. The lowest BCUT2D eigenvalue weighted by Gasteiger charge is -2.18. The van der Waals surface area contributed by atoms with Crippen molar-refractivity contribution >= 4 is 29.9 Å². The van der Waals surface area contributed by atoms with E-state index < -0.39 is 0 Å². The van der Waals surface area contributed by atoms with Crippen LogP contribution in [-0.4, -0.2) is 31.3 Å². The highest BCUT2D eigenvalue weighted by Gasteiger charge is 2.14. The van der Waals surface area contributed by atoms with Crippen molar-refractivity contribution in [1.29, 1.82) is 0 Å². The zero-order chi connectivity index (χ0) is 18.8. The molecule has 6 nitrogen and oxygen atoms in total. The second kappa shape index (κ2) is 12.7. The highest BCUT2D eigenvalue weighted by Crippen LogP contribution is 2.17. The lowest BCUT2D eigenvalue weighted by atomic mass is 10.1. The fourth-order valence-electron chi connectivity index (χ4n) is 2.81. The Morgan fingerprint density at radius 1 is 1.15 bits per heavy atom. The molecule has 0 amide bonds. The Kier molecular flexibility index (Phi) is 11.0. The minimum atomic E-state index is -0.0342. The maximum atomic E-state index is 5.62. The number of guanidine groups is 1. The Hall–Kier alpha value is -1.61. The summed E-state index contributed by atoms with van der Waals surface area (Å²) in [6, 6.07) is 10.2. The molecule has 0 aliphatic carbocycles. The van der Waals surface area contributed by atoms with Crippen molar-refractivity contribution in [1.82, 2.24) is 15.8 Å². The maximum Gasteiger partial charge on any atom is 0.191 e. The van der Waals surface area contributed by atoms with Gasteiger partial charge in [0.25, 0.3) is 0 Å². The first-order valence-electron chi connectivity index (χ1n) is 9.29. The van der Waals surface area contributed by atoms with E-state index in [1.54, 1.807) is 7.11 Å². The third kappa shape index (κ3) is 6.80. The first kappa shape index (κ1) is 23.4. The highest BCUT2D eigenvalue weighted by atomic mass is 127. The van der Waals surface area contributed by atoms with Crippen LogP contribution in [0.4, 0.5) is 0 Å². The van der Waals surface area contributed by atoms with Crippen molar-refractivity contribution in [2.75, 3.05) is 20.2 Å². The van der Waals surface area contributed by atoms with Gasteiger partial charge in [-0.05, 0) is 18.9 Å². The number of methoxy groups -OCH3 is 1. The molecule has 1 unspecified atom stereocenters. The lowest BCUT2D eigenvalue weighted by Crippen LogP contribution is -2.39. The van der Waals surface area contributed by atoms with Gasteiger partial charge in [0.1, 0.15) is 5.76 Å². The van der Waals surface area contributed by atoms with Gasteiger partial charge in [-0.1, -0.05) is 49.3 Å². The molecular weight excluding hydrogens is 455 g/mol. The monoisotopic (exact) mass is 486 g/mol. The molecule has 0 saturated heterocycles. The molecule has 0 radical (unpaired) electrons. The number of hydrogen-bond donors (Lipinski definition) is 2. The van der Waals surface area contributed by atoms with Gasteiger partial charge in [-0.2, -0.15) is 0 Å². The average Bonchev–Trinajstić information content (AvgIpc) is 3.09. The molecule has 7 heteroatoms. The van der Waals surface area contributed by atoms with E-state index in [4.69, 9.17) is 14.3 Å². The van der Waals surface area contributed by atoms with Crippen LogP contribution < -0.4 is 10.6 Å². The number of aryl methyl sites for hydroxylation is 2. The van der Waals surface area contributed by atoms with Crippen molar-refractivity contribution < 1.29 is 9.26 Å². The molecule has 0 aliphatic rings. The molecule has 2 rings (SSSR count). The minimum Gasteiger partial charge on any atom is -0.375 e. The van der Waals surface area contributed by atoms with Gasteiger partial charge in [-0.15, -0.1) is 24.0 Å². The molecular formula is C20H31IN4O2. The Labute approximate surface area is 179 Å². The van der Waals surface area contributed by atoms with Crippen LogP contribution in [0.15, 0.2) is 39.8 Å². The van der Waals surface area contributed by atoms with Gasteiger partial charge in [0.2, 0.25) is 0 Å². The van der Waals surface area contributed by atoms with Crippen molar-refractivity contribution in [3.05, 3.63) is 52.9 Å². The number of benzene rings is 1. The fraction of sp³-hybridized carbons (Fsp3) is 0.500. The van der Waals surface area contributed by atoms with Gasteiger partial charge >= 0.3 is 0 Å². The Bertz CT molecular complexity index is 667. The van der Waals surface area contributed by atoms with E-state index in [0.29, 0.717) is 13.1 Å². The van der Waals surface area contributed by atoms with Crippen LogP contribution in [0.5, 0.6) is 0 Å². The maximum absolute atomic E-state index is 5.62. The third-order valence-electron chi connectivity index (χ3n) is 4.26. The predicted octanol–water partition coefficient (Wildman–Crippen LogP) is 3.86. The number of nitrogens with one attached hydrogen (secondary N) is 2. The van der Waals surface area contributed by atoms with Crippen molar-refractivity contribution in [3.8, 4) is 0 Å². The van der Waals surface area contributed by atoms with Crippen LogP contribution in [0.1, 0.15) is 49.5 Å². The standard InChI is InChI=1S/C20H30N4O2.HI/c1-5-17-16(18(6-2)26-24-17)13-22-20(21-7-3)23-14-19(25-4)15-11-9-8-10-12-15;/h8-12,19H,5-7,13-14H2,1-4H3,(H2,21,22,23);1H. The van der Waals surface area contributed by atoms with Crippen LogP contribution in [0.25, 0.3) is 0 Å². The molecule has 1 aromatic heterocycles. The topological polar surface area (TPSA) is 71.7 Å². The highest BCUT2D eigenvalue weighted by molar-refractivity contribution is 14.0. The second-order valence-corrected chi connectivity index (χ2v) is 5.95. The lowest BCUT2D eigenvalue weighted by molar-refractivity contribution is 0.106. The molecule has 0 fully saturated rings. The summed E-state index contributed by atoms with van der Waals surface area (Å²) in [6.45, 7) is 8.18. The summed E-state index contributed by atoms with van der Waals surface area (Å²) in [6.07, 6.45) is 1.63. The number of nitrogens with zero attached hydrogens (tertiary/aromatic N) is 2. The van der Waals surface area contributed by atoms with Gasteiger partial charge in [0.15, 0.2) is 5.96 Å². The van der Waals surface area contributed by atoms with E-state index >= 15 is 0 Å². The Balaban J connectivity index is 0.00000364. The summed E-state index contributed by atoms with van der Waals surface area (Å²) >= 11 is 0. The van der Waals surface area contributed by atoms with E-state index in [9.17, 15) is 0 Å². The molecule has 0 bridgehead atoms. The quantitative estimate of drug-likeness (QED) is 0.320. The number of hydrogen-bond acceptors (Lipinski definition) is 4. The van der Waals surface area contributed by atoms with E-state index in [-0.39, 0.29) is 30.1 Å². The summed E-state index contributed by atoms with van der Waals surface area (Å²) in [7, 11) is 1.72. The zero-order valence-electron chi connectivity index (χ0n) is 16.6. The van der Waals surface area contributed by atoms with Gasteiger partial charge in [-0.3, -0.25) is 0 Å². The van der Waals surface area contributed by atoms with E-state index in [1.807, 2.05) is 18.2 Å². The summed E-state index contributed by atoms with van der Waals surface area (Å²) in [5, 5.41) is 10.8. The second-order valence-electron chi connectivity index (χ2n) is 5.95. The van der Waals surface area contributed by atoms with Crippen molar-refractivity contribution in [3.63, 3.8) is 0 Å². The average molecular weight is 486 g/mol.